The number of hydrogen-bond acceptors (Lipinski definition) is 5. The summed E-state index contributed by atoms with van der Waals surface area (Å²) in [6, 6.07) is 7.42. The molecule has 5 nitrogen and oxygen atoms in total. The van der Waals surface area contributed by atoms with E-state index >= 15 is 0 Å². The molecule has 1 aromatic heterocycles. The third-order valence-corrected chi connectivity index (χ3v) is 5.16. The van der Waals surface area contributed by atoms with Crippen molar-refractivity contribution in [3.63, 3.8) is 0 Å². The van der Waals surface area contributed by atoms with Crippen LogP contribution in [0.15, 0.2) is 28.7 Å². The Morgan fingerprint density at radius 2 is 2.39 bits per heavy atom. The molecule has 1 aliphatic heterocycles. The van der Waals surface area contributed by atoms with Gasteiger partial charge in [0.2, 0.25) is 0 Å². The topological polar surface area (TPSA) is 54.5 Å². The van der Waals surface area contributed by atoms with E-state index in [0.29, 0.717) is 10.9 Å². The Hall–Kier alpha value is -1.44. The van der Waals surface area contributed by atoms with Gasteiger partial charge in [0.25, 0.3) is 5.91 Å². The Morgan fingerprint density at radius 1 is 1.52 bits per heavy atom. The van der Waals surface area contributed by atoms with Gasteiger partial charge in [-0.2, -0.15) is 0 Å². The van der Waals surface area contributed by atoms with Crippen molar-refractivity contribution in [3.05, 3.63) is 39.3 Å². The number of nitrogens with zero attached hydrogens (tertiary/aromatic N) is 2. The SMILES string of the molecule is CCN1CCc2nc(NC(=O)COc3cccc(Br)c3)sc2C1. The van der Waals surface area contributed by atoms with Crippen molar-refractivity contribution in [3.8, 4) is 5.75 Å². The summed E-state index contributed by atoms with van der Waals surface area (Å²) in [5.74, 6) is 0.468. The third kappa shape index (κ3) is 4.31. The number of amides is 1. The molecule has 0 unspecified atom stereocenters. The molecule has 0 atom stereocenters. The van der Waals surface area contributed by atoms with Crippen molar-refractivity contribution in [2.45, 2.75) is 19.9 Å². The summed E-state index contributed by atoms with van der Waals surface area (Å²) >= 11 is 4.93. The predicted octanol–water partition coefficient (Wildman–Crippen LogP) is 3.30. The summed E-state index contributed by atoms with van der Waals surface area (Å²) in [5, 5.41) is 3.49. The van der Waals surface area contributed by atoms with E-state index in [9.17, 15) is 4.79 Å². The zero-order valence-electron chi connectivity index (χ0n) is 12.8. The lowest BCUT2D eigenvalue weighted by Gasteiger charge is -2.23. The fourth-order valence-electron chi connectivity index (χ4n) is 2.43. The van der Waals surface area contributed by atoms with Gasteiger partial charge in [0.05, 0.1) is 5.69 Å². The molecule has 0 spiro atoms. The molecule has 1 amide bonds. The lowest BCUT2D eigenvalue weighted by molar-refractivity contribution is -0.118. The van der Waals surface area contributed by atoms with Gasteiger partial charge in [0, 0.05) is 28.9 Å². The largest absolute Gasteiger partial charge is 0.484 e. The van der Waals surface area contributed by atoms with E-state index in [4.69, 9.17) is 4.74 Å². The van der Waals surface area contributed by atoms with Crippen LogP contribution in [0.25, 0.3) is 0 Å². The van der Waals surface area contributed by atoms with Crippen LogP contribution in [0.5, 0.6) is 5.75 Å². The number of fused-ring (bicyclic) bond motifs is 1. The number of rotatable bonds is 5. The maximum Gasteiger partial charge on any atom is 0.264 e. The van der Waals surface area contributed by atoms with Crippen LogP contribution in [-0.2, 0) is 17.8 Å². The van der Waals surface area contributed by atoms with Gasteiger partial charge in [-0.3, -0.25) is 15.0 Å². The van der Waals surface area contributed by atoms with Crippen LogP contribution < -0.4 is 10.1 Å². The first-order chi connectivity index (χ1) is 11.1. The number of anilines is 1. The molecule has 1 aromatic carbocycles. The molecule has 0 fully saturated rings. The molecule has 0 saturated carbocycles. The molecular formula is C16H18BrN3O2S. The molecule has 0 bridgehead atoms. The maximum atomic E-state index is 12.0. The fourth-order valence-corrected chi connectivity index (χ4v) is 3.88. The van der Waals surface area contributed by atoms with Crippen LogP contribution in [0.1, 0.15) is 17.5 Å². The average Bonchev–Trinajstić information content (AvgIpc) is 2.94. The molecule has 2 heterocycles. The number of halogens is 1. The molecule has 0 saturated heterocycles. The van der Waals surface area contributed by atoms with Gasteiger partial charge in [0.1, 0.15) is 5.75 Å². The minimum atomic E-state index is -0.191. The minimum Gasteiger partial charge on any atom is -0.484 e. The Morgan fingerprint density at radius 3 is 3.17 bits per heavy atom. The van der Waals surface area contributed by atoms with Crippen LogP contribution in [0, 0.1) is 0 Å². The third-order valence-electron chi connectivity index (χ3n) is 3.67. The number of carbonyl (C=O) groups is 1. The number of thiazole rings is 1. The maximum absolute atomic E-state index is 12.0. The van der Waals surface area contributed by atoms with E-state index in [1.807, 2.05) is 24.3 Å². The standard InChI is InChI=1S/C16H18BrN3O2S/c1-2-20-7-6-13-14(9-20)23-16(18-13)19-15(21)10-22-12-5-3-4-11(17)8-12/h3-5,8H,2,6-7,9-10H2,1H3,(H,18,19,21). The highest BCUT2D eigenvalue weighted by Gasteiger charge is 2.20. The molecule has 1 N–H and O–H groups in total. The highest BCUT2D eigenvalue weighted by atomic mass is 79.9. The van der Waals surface area contributed by atoms with Crippen molar-refractivity contribution in [2.75, 3.05) is 25.0 Å². The number of likely N-dealkylation sites (N-methyl/N-ethyl adjacent to an activating group) is 1. The molecule has 0 aliphatic carbocycles. The van der Waals surface area contributed by atoms with Crippen LogP contribution >= 0.6 is 27.3 Å². The summed E-state index contributed by atoms with van der Waals surface area (Å²) in [6.07, 6.45) is 0.948. The van der Waals surface area contributed by atoms with Crippen LogP contribution in [0.2, 0.25) is 0 Å². The molecular weight excluding hydrogens is 378 g/mol. The second-order valence-electron chi connectivity index (χ2n) is 5.30. The monoisotopic (exact) mass is 395 g/mol. The first-order valence-corrected chi connectivity index (χ1v) is 9.14. The van der Waals surface area contributed by atoms with Gasteiger partial charge in [-0.1, -0.05) is 28.9 Å². The van der Waals surface area contributed by atoms with Gasteiger partial charge in [-0.15, -0.1) is 11.3 Å². The first kappa shape index (κ1) is 16.4. The highest BCUT2D eigenvalue weighted by molar-refractivity contribution is 9.10. The lowest BCUT2D eigenvalue weighted by atomic mass is 10.2. The zero-order valence-corrected chi connectivity index (χ0v) is 15.2. The van der Waals surface area contributed by atoms with Crippen molar-refractivity contribution in [1.82, 2.24) is 9.88 Å². The Bertz CT molecular complexity index is 704. The van der Waals surface area contributed by atoms with Crippen LogP contribution in [0.3, 0.4) is 0 Å². The Labute approximate surface area is 147 Å². The normalized spacial score (nSPS) is 14.3. The molecule has 0 radical (unpaired) electrons. The van der Waals surface area contributed by atoms with Gasteiger partial charge < -0.3 is 4.74 Å². The minimum absolute atomic E-state index is 0.0260. The predicted molar refractivity (Wildman–Crippen MR) is 95.0 cm³/mol. The Kier molecular flexibility index (Phi) is 5.30. The van der Waals surface area contributed by atoms with Crippen molar-refractivity contribution in [2.24, 2.45) is 0 Å². The molecule has 23 heavy (non-hydrogen) atoms. The van der Waals surface area contributed by atoms with Crippen molar-refractivity contribution >= 4 is 38.3 Å². The quantitative estimate of drug-likeness (QED) is 0.843. The average molecular weight is 396 g/mol. The van der Waals surface area contributed by atoms with E-state index in [-0.39, 0.29) is 12.5 Å². The number of carbonyl (C=O) groups excluding carboxylic acids is 1. The van der Waals surface area contributed by atoms with Gasteiger partial charge in [-0.25, -0.2) is 4.98 Å². The number of benzene rings is 1. The van der Waals surface area contributed by atoms with Crippen molar-refractivity contribution < 1.29 is 9.53 Å². The number of nitrogens with one attached hydrogen (secondary N) is 1. The molecule has 7 heteroatoms. The van der Waals surface area contributed by atoms with E-state index in [1.165, 1.54) is 4.88 Å². The van der Waals surface area contributed by atoms with E-state index in [0.717, 1.165) is 36.2 Å². The van der Waals surface area contributed by atoms with Gasteiger partial charge in [0.15, 0.2) is 11.7 Å². The molecule has 1 aliphatic rings. The summed E-state index contributed by atoms with van der Waals surface area (Å²) in [7, 11) is 0. The number of ether oxygens (including phenoxy) is 1. The number of aromatic nitrogens is 1. The van der Waals surface area contributed by atoms with E-state index in [2.05, 4.69) is 38.1 Å². The smallest absolute Gasteiger partial charge is 0.264 e. The van der Waals surface area contributed by atoms with Crippen molar-refractivity contribution in [1.29, 1.82) is 0 Å². The van der Waals surface area contributed by atoms with Gasteiger partial charge in [-0.05, 0) is 24.7 Å². The summed E-state index contributed by atoms with van der Waals surface area (Å²) < 4.78 is 6.40. The van der Waals surface area contributed by atoms with Crippen LogP contribution in [0.4, 0.5) is 5.13 Å². The summed E-state index contributed by atoms with van der Waals surface area (Å²) in [6.45, 7) is 5.13. The van der Waals surface area contributed by atoms with Gasteiger partial charge >= 0.3 is 0 Å². The second kappa shape index (κ2) is 7.42. The summed E-state index contributed by atoms with van der Waals surface area (Å²) in [5.41, 5.74) is 1.11. The molecule has 122 valence electrons. The first-order valence-electron chi connectivity index (χ1n) is 7.53. The number of hydrogen-bond donors (Lipinski definition) is 1. The zero-order chi connectivity index (χ0) is 16.2. The Balaban J connectivity index is 1.55. The fraction of sp³-hybridized carbons (Fsp3) is 0.375. The highest BCUT2D eigenvalue weighted by Crippen LogP contribution is 2.28. The lowest BCUT2D eigenvalue weighted by Crippen LogP contribution is -2.29. The van der Waals surface area contributed by atoms with Crippen LogP contribution in [-0.4, -0.2) is 35.5 Å². The molecule has 3 rings (SSSR count). The summed E-state index contributed by atoms with van der Waals surface area (Å²) in [4.78, 5) is 20.2. The second-order valence-corrected chi connectivity index (χ2v) is 7.30. The van der Waals surface area contributed by atoms with E-state index in [1.54, 1.807) is 11.3 Å². The molecule has 2 aromatic rings. The van der Waals surface area contributed by atoms with E-state index < -0.39 is 0 Å².